The van der Waals surface area contributed by atoms with Crippen LogP contribution in [0.1, 0.15) is 51.4 Å². The molecule has 57 heavy (non-hydrogen) atoms. The molecule has 2 aliphatic carbocycles. The summed E-state index contributed by atoms with van der Waals surface area (Å²) in [6, 6.07) is 66.5. The van der Waals surface area contributed by atoms with E-state index in [0.29, 0.717) is 6.61 Å². The van der Waals surface area contributed by atoms with Crippen molar-refractivity contribution in [3.8, 4) is 45.3 Å². The van der Waals surface area contributed by atoms with Crippen molar-refractivity contribution >= 4 is 0 Å². The van der Waals surface area contributed by atoms with E-state index in [9.17, 15) is 10.2 Å². The van der Waals surface area contributed by atoms with E-state index in [4.69, 9.17) is 9.47 Å². The summed E-state index contributed by atoms with van der Waals surface area (Å²) < 4.78 is 12.8. The quantitative estimate of drug-likeness (QED) is 0.155. The molecule has 0 saturated carbocycles. The maximum atomic E-state index is 10.2. The normalized spacial score (nSPS) is 14.5. The fraction of sp³-hybridized carbons (Fsp3) is 0.0943. The summed E-state index contributed by atoms with van der Waals surface area (Å²) in [6.07, 6.45) is -0.216. The number of fused-ring (bicyclic) bond motifs is 6. The van der Waals surface area contributed by atoms with Gasteiger partial charge in [-0.1, -0.05) is 146 Å². The van der Waals surface area contributed by atoms with Crippen molar-refractivity contribution in [3.05, 3.63) is 239 Å². The number of phenolic OH excluding ortho intramolecular Hbond substituents is 2. The number of hydrogen-bond acceptors (Lipinski definition) is 4. The summed E-state index contributed by atoms with van der Waals surface area (Å²) in [5, 5.41) is 20.5. The third kappa shape index (κ3) is 5.36. The molecule has 8 aromatic carbocycles. The Morgan fingerprint density at radius 1 is 0.386 bits per heavy atom. The molecular formula is C53H40O4. The number of phenols is 2. The Labute approximate surface area is 332 Å². The van der Waals surface area contributed by atoms with Crippen LogP contribution in [0.25, 0.3) is 22.3 Å². The molecule has 8 aromatic rings. The zero-order chi connectivity index (χ0) is 38.6. The van der Waals surface area contributed by atoms with Gasteiger partial charge in [0.05, 0.1) is 10.8 Å². The van der Waals surface area contributed by atoms with Crippen molar-refractivity contribution < 1.29 is 19.7 Å². The lowest BCUT2D eigenvalue weighted by Gasteiger charge is -2.34. The van der Waals surface area contributed by atoms with E-state index >= 15 is 0 Å². The van der Waals surface area contributed by atoms with Crippen molar-refractivity contribution in [2.45, 2.75) is 23.9 Å². The minimum atomic E-state index is -0.552. The molecule has 0 spiro atoms. The monoisotopic (exact) mass is 740 g/mol. The van der Waals surface area contributed by atoms with Gasteiger partial charge in [0.15, 0.2) is 0 Å². The highest BCUT2D eigenvalue weighted by Crippen LogP contribution is 2.57. The first kappa shape index (κ1) is 34.5. The Morgan fingerprint density at radius 2 is 0.684 bits per heavy atom. The van der Waals surface area contributed by atoms with Crippen LogP contribution in [0.2, 0.25) is 0 Å². The van der Waals surface area contributed by atoms with E-state index in [0.717, 1.165) is 33.8 Å². The largest absolute Gasteiger partial charge is 0.508 e. The summed E-state index contributed by atoms with van der Waals surface area (Å²) in [6.45, 7) is 2.39. The Hall–Kier alpha value is -7.04. The summed E-state index contributed by atoms with van der Waals surface area (Å²) in [7, 11) is 0. The minimum Gasteiger partial charge on any atom is -0.508 e. The lowest BCUT2D eigenvalue weighted by atomic mass is 9.68. The minimum absolute atomic E-state index is 0.216. The van der Waals surface area contributed by atoms with Crippen molar-refractivity contribution in [1.29, 1.82) is 0 Å². The van der Waals surface area contributed by atoms with E-state index in [1.807, 2.05) is 55.5 Å². The highest BCUT2D eigenvalue weighted by molar-refractivity contribution is 5.87. The van der Waals surface area contributed by atoms with Gasteiger partial charge < -0.3 is 19.7 Å². The molecular weight excluding hydrogens is 701 g/mol. The van der Waals surface area contributed by atoms with Gasteiger partial charge in [-0.3, -0.25) is 0 Å². The summed E-state index contributed by atoms with van der Waals surface area (Å²) in [5.74, 6) is 2.01. The number of rotatable bonds is 9. The molecule has 10 rings (SSSR count). The Bertz CT molecular complexity index is 2640. The summed E-state index contributed by atoms with van der Waals surface area (Å²) in [5.41, 5.74) is 13.1. The van der Waals surface area contributed by atoms with E-state index in [2.05, 4.69) is 121 Å². The number of ether oxygens (including phenoxy) is 2. The molecule has 0 fully saturated rings. The van der Waals surface area contributed by atoms with Crippen LogP contribution in [0.5, 0.6) is 23.0 Å². The first-order valence-electron chi connectivity index (χ1n) is 19.5. The molecule has 4 nitrogen and oxygen atoms in total. The Balaban J connectivity index is 0.910. The second kappa shape index (κ2) is 13.6. The molecule has 276 valence electrons. The van der Waals surface area contributed by atoms with Gasteiger partial charge in [-0.05, 0) is 122 Å². The van der Waals surface area contributed by atoms with Gasteiger partial charge in [0.25, 0.3) is 0 Å². The number of aromatic hydroxyl groups is 2. The molecule has 4 heteroatoms. The molecule has 0 radical (unpaired) electrons. The highest BCUT2D eigenvalue weighted by Gasteiger charge is 2.47. The van der Waals surface area contributed by atoms with Gasteiger partial charge in [0, 0.05) is 0 Å². The maximum Gasteiger partial charge on any atom is 0.130 e. The zero-order valence-corrected chi connectivity index (χ0v) is 31.5. The van der Waals surface area contributed by atoms with Crippen LogP contribution >= 0.6 is 0 Å². The average Bonchev–Trinajstić information content (AvgIpc) is 3.73. The Morgan fingerprint density at radius 3 is 1.04 bits per heavy atom. The molecule has 0 aliphatic heterocycles. The standard InChI is InChI=1S/C53H40O4/c1-35(57-43-32-24-39(25-33-43)53(37-20-28-41(55)29-21-37)50-16-8-4-12-46(50)47-13-5-9-17-51(47)53)34-56-42-30-22-38(23-31-42)52(36-18-26-40(54)27-19-36)48-14-6-2-10-44(48)45-11-3-7-15-49(45)52/h2-33,35,54-55H,34H2,1H3. The first-order chi connectivity index (χ1) is 28.0. The lowest BCUT2D eigenvalue weighted by molar-refractivity contribution is 0.143. The zero-order valence-electron chi connectivity index (χ0n) is 31.5. The molecule has 0 bridgehead atoms. The molecule has 0 amide bonds. The fourth-order valence-corrected chi connectivity index (χ4v) is 9.53. The van der Waals surface area contributed by atoms with Gasteiger partial charge in [-0.15, -0.1) is 0 Å². The molecule has 1 atom stereocenters. The van der Waals surface area contributed by atoms with Crippen molar-refractivity contribution in [3.63, 3.8) is 0 Å². The highest BCUT2D eigenvalue weighted by atomic mass is 16.5. The average molecular weight is 741 g/mol. The smallest absolute Gasteiger partial charge is 0.130 e. The second-order valence-electron chi connectivity index (χ2n) is 15.1. The maximum absolute atomic E-state index is 10.2. The number of benzene rings is 8. The van der Waals surface area contributed by atoms with Crippen LogP contribution in [0.3, 0.4) is 0 Å². The van der Waals surface area contributed by atoms with E-state index in [-0.39, 0.29) is 17.6 Å². The molecule has 2 aliphatic rings. The third-order valence-electron chi connectivity index (χ3n) is 11.9. The van der Waals surface area contributed by atoms with Gasteiger partial charge in [-0.2, -0.15) is 0 Å². The van der Waals surface area contributed by atoms with Crippen LogP contribution < -0.4 is 9.47 Å². The SMILES string of the molecule is CC(COc1ccc(C2(c3ccc(O)cc3)c3ccccc3-c3ccccc32)cc1)Oc1ccc(C2(c3ccc(O)cc3)c3ccccc3-c3ccccc32)cc1. The third-order valence-corrected chi connectivity index (χ3v) is 11.9. The van der Waals surface area contributed by atoms with Gasteiger partial charge in [0.1, 0.15) is 35.7 Å². The Kier molecular flexibility index (Phi) is 8.23. The summed E-state index contributed by atoms with van der Waals surface area (Å²) >= 11 is 0. The summed E-state index contributed by atoms with van der Waals surface area (Å²) in [4.78, 5) is 0. The predicted octanol–water partition coefficient (Wildman–Crippen LogP) is 11.7. The van der Waals surface area contributed by atoms with Gasteiger partial charge >= 0.3 is 0 Å². The molecule has 0 saturated heterocycles. The molecule has 0 aromatic heterocycles. The molecule has 0 heterocycles. The lowest BCUT2D eigenvalue weighted by Crippen LogP contribution is -2.28. The van der Waals surface area contributed by atoms with Gasteiger partial charge in [-0.25, -0.2) is 0 Å². The van der Waals surface area contributed by atoms with Crippen LogP contribution in [0, 0.1) is 0 Å². The first-order valence-corrected chi connectivity index (χ1v) is 19.5. The number of hydrogen-bond donors (Lipinski definition) is 2. The van der Waals surface area contributed by atoms with Crippen LogP contribution in [-0.2, 0) is 10.8 Å². The molecule has 1 unspecified atom stereocenters. The second-order valence-corrected chi connectivity index (χ2v) is 15.1. The van der Waals surface area contributed by atoms with Gasteiger partial charge in [0.2, 0.25) is 0 Å². The predicted molar refractivity (Wildman–Crippen MR) is 226 cm³/mol. The van der Waals surface area contributed by atoms with Crippen LogP contribution in [0.4, 0.5) is 0 Å². The van der Waals surface area contributed by atoms with E-state index in [1.54, 1.807) is 24.3 Å². The van der Waals surface area contributed by atoms with E-state index < -0.39 is 10.8 Å². The van der Waals surface area contributed by atoms with Crippen molar-refractivity contribution in [2.75, 3.05) is 6.61 Å². The van der Waals surface area contributed by atoms with E-state index in [1.165, 1.54) is 44.5 Å². The van der Waals surface area contributed by atoms with Crippen LogP contribution in [-0.4, -0.2) is 22.9 Å². The van der Waals surface area contributed by atoms with Crippen molar-refractivity contribution in [2.24, 2.45) is 0 Å². The molecule has 2 N–H and O–H groups in total. The topological polar surface area (TPSA) is 58.9 Å². The van der Waals surface area contributed by atoms with Crippen molar-refractivity contribution in [1.82, 2.24) is 0 Å². The van der Waals surface area contributed by atoms with Crippen LogP contribution in [0.15, 0.2) is 194 Å². The fourth-order valence-electron chi connectivity index (χ4n) is 9.53.